The Morgan fingerprint density at radius 2 is 1.92 bits per heavy atom. The zero-order valence-electron chi connectivity index (χ0n) is 13.8. The van der Waals surface area contributed by atoms with Crippen LogP contribution in [0.5, 0.6) is 0 Å². The molecule has 0 saturated carbocycles. The Hall–Kier alpha value is -2.20. The summed E-state index contributed by atoms with van der Waals surface area (Å²) in [6, 6.07) is 16.2. The lowest BCUT2D eigenvalue weighted by Crippen LogP contribution is -2.44. The van der Waals surface area contributed by atoms with E-state index < -0.39 is 0 Å². The molecule has 0 spiro atoms. The normalized spacial score (nSPS) is 19.1. The number of halogens is 1. The molecule has 1 saturated heterocycles. The van der Waals surface area contributed by atoms with Gasteiger partial charge in [-0.15, -0.1) is 0 Å². The predicted molar refractivity (Wildman–Crippen MR) is 91.1 cm³/mol. The highest BCUT2D eigenvalue weighted by atomic mass is 19.1. The Morgan fingerprint density at radius 1 is 1.21 bits per heavy atom. The fourth-order valence-electron chi connectivity index (χ4n) is 3.19. The zero-order valence-corrected chi connectivity index (χ0v) is 13.8. The number of carbonyl (C=O) groups is 1. The fourth-order valence-corrected chi connectivity index (χ4v) is 3.19. The number of hydrogen-bond donors (Lipinski definition) is 0. The van der Waals surface area contributed by atoms with E-state index in [0.29, 0.717) is 19.7 Å². The number of nitrogens with zero attached hydrogens (tertiary/aromatic N) is 1. The lowest BCUT2D eigenvalue weighted by atomic mass is 9.94. The van der Waals surface area contributed by atoms with E-state index in [9.17, 15) is 9.18 Å². The lowest BCUT2D eigenvalue weighted by Gasteiger charge is -2.35. The van der Waals surface area contributed by atoms with E-state index in [1.807, 2.05) is 42.2 Å². The Bertz CT molecular complexity index is 672. The summed E-state index contributed by atoms with van der Waals surface area (Å²) in [6.45, 7) is 3.64. The van der Waals surface area contributed by atoms with Gasteiger partial charge in [-0.1, -0.05) is 49.4 Å². The van der Waals surface area contributed by atoms with Gasteiger partial charge in [0.1, 0.15) is 11.9 Å². The molecule has 1 fully saturated rings. The molecule has 1 heterocycles. The summed E-state index contributed by atoms with van der Waals surface area (Å²) >= 11 is 0. The van der Waals surface area contributed by atoms with Crippen LogP contribution in [0.2, 0.25) is 0 Å². The van der Waals surface area contributed by atoms with Gasteiger partial charge in [-0.05, 0) is 29.7 Å². The SMILES string of the molecule is CCC(C(=O)N1CCOC(c2ccc(F)cc2)C1)c1ccccc1. The summed E-state index contributed by atoms with van der Waals surface area (Å²) in [5.74, 6) is -0.255. The highest BCUT2D eigenvalue weighted by Gasteiger charge is 2.30. The molecule has 0 bridgehead atoms. The highest BCUT2D eigenvalue weighted by molar-refractivity contribution is 5.83. The van der Waals surface area contributed by atoms with Gasteiger partial charge >= 0.3 is 0 Å². The van der Waals surface area contributed by atoms with Crippen molar-refractivity contribution in [2.75, 3.05) is 19.7 Å². The zero-order chi connectivity index (χ0) is 16.9. The summed E-state index contributed by atoms with van der Waals surface area (Å²) in [4.78, 5) is 14.8. The van der Waals surface area contributed by atoms with Gasteiger partial charge in [-0.3, -0.25) is 4.79 Å². The van der Waals surface area contributed by atoms with Crippen molar-refractivity contribution in [2.45, 2.75) is 25.4 Å². The number of rotatable bonds is 4. The molecule has 1 aliphatic heterocycles. The molecule has 2 unspecified atom stereocenters. The number of ether oxygens (including phenoxy) is 1. The predicted octanol–water partition coefficient (Wildman–Crippen LogP) is 3.92. The van der Waals surface area contributed by atoms with Crippen molar-refractivity contribution in [2.24, 2.45) is 0 Å². The van der Waals surface area contributed by atoms with Gasteiger partial charge in [-0.2, -0.15) is 0 Å². The van der Waals surface area contributed by atoms with Crippen molar-refractivity contribution in [3.05, 3.63) is 71.5 Å². The molecule has 0 N–H and O–H groups in total. The highest BCUT2D eigenvalue weighted by Crippen LogP contribution is 2.27. The van der Waals surface area contributed by atoms with Gasteiger partial charge in [0, 0.05) is 6.54 Å². The second kappa shape index (κ2) is 7.58. The Morgan fingerprint density at radius 3 is 2.58 bits per heavy atom. The van der Waals surface area contributed by atoms with Crippen LogP contribution in [-0.4, -0.2) is 30.5 Å². The molecule has 4 heteroatoms. The second-order valence-electron chi connectivity index (χ2n) is 6.07. The van der Waals surface area contributed by atoms with Crippen LogP contribution < -0.4 is 0 Å². The molecule has 2 aromatic carbocycles. The van der Waals surface area contributed by atoms with Crippen molar-refractivity contribution in [3.63, 3.8) is 0 Å². The Balaban J connectivity index is 1.73. The quantitative estimate of drug-likeness (QED) is 0.852. The third-order valence-electron chi connectivity index (χ3n) is 4.53. The van der Waals surface area contributed by atoms with Crippen molar-refractivity contribution >= 4 is 5.91 Å². The number of benzene rings is 2. The molecule has 3 nitrogen and oxygen atoms in total. The average molecular weight is 327 g/mol. The number of amides is 1. The molecule has 2 atom stereocenters. The van der Waals surface area contributed by atoms with Gasteiger partial charge in [0.25, 0.3) is 0 Å². The molecule has 126 valence electrons. The van der Waals surface area contributed by atoms with Crippen LogP contribution in [0.4, 0.5) is 4.39 Å². The Kier molecular flexibility index (Phi) is 5.26. The van der Waals surface area contributed by atoms with E-state index in [1.54, 1.807) is 12.1 Å². The first-order chi connectivity index (χ1) is 11.7. The summed E-state index contributed by atoms with van der Waals surface area (Å²) in [5, 5.41) is 0. The van der Waals surface area contributed by atoms with Crippen molar-refractivity contribution in [3.8, 4) is 0 Å². The first-order valence-corrected chi connectivity index (χ1v) is 8.40. The summed E-state index contributed by atoms with van der Waals surface area (Å²) in [5.41, 5.74) is 1.96. The first-order valence-electron chi connectivity index (χ1n) is 8.40. The van der Waals surface area contributed by atoms with Crippen LogP contribution >= 0.6 is 0 Å². The van der Waals surface area contributed by atoms with E-state index in [2.05, 4.69) is 0 Å². The smallest absolute Gasteiger partial charge is 0.230 e. The molecule has 0 radical (unpaired) electrons. The molecule has 0 aliphatic carbocycles. The number of carbonyl (C=O) groups excluding carboxylic acids is 1. The van der Waals surface area contributed by atoms with E-state index >= 15 is 0 Å². The van der Waals surface area contributed by atoms with Crippen molar-refractivity contribution < 1.29 is 13.9 Å². The molecule has 2 aromatic rings. The second-order valence-corrected chi connectivity index (χ2v) is 6.07. The minimum absolute atomic E-state index is 0.127. The number of hydrogen-bond acceptors (Lipinski definition) is 2. The van der Waals surface area contributed by atoms with Crippen LogP contribution in [-0.2, 0) is 9.53 Å². The van der Waals surface area contributed by atoms with E-state index in [1.165, 1.54) is 12.1 Å². The molecule has 1 aliphatic rings. The average Bonchev–Trinajstić information content (AvgIpc) is 2.64. The van der Waals surface area contributed by atoms with E-state index in [-0.39, 0.29) is 23.7 Å². The maximum Gasteiger partial charge on any atom is 0.230 e. The molecular weight excluding hydrogens is 305 g/mol. The van der Waals surface area contributed by atoms with Crippen LogP contribution in [0.15, 0.2) is 54.6 Å². The van der Waals surface area contributed by atoms with E-state index in [4.69, 9.17) is 4.74 Å². The van der Waals surface area contributed by atoms with Crippen LogP contribution in [0, 0.1) is 5.82 Å². The minimum Gasteiger partial charge on any atom is -0.370 e. The topological polar surface area (TPSA) is 29.5 Å². The van der Waals surface area contributed by atoms with Crippen molar-refractivity contribution in [1.82, 2.24) is 4.90 Å². The molecule has 1 amide bonds. The molecule has 0 aromatic heterocycles. The fraction of sp³-hybridized carbons (Fsp3) is 0.350. The molecule has 3 rings (SSSR count). The van der Waals surface area contributed by atoms with Gasteiger partial charge in [0.05, 0.1) is 19.1 Å². The van der Waals surface area contributed by atoms with E-state index in [0.717, 1.165) is 17.5 Å². The maximum atomic E-state index is 13.1. The van der Waals surface area contributed by atoms with Crippen LogP contribution in [0.3, 0.4) is 0 Å². The van der Waals surface area contributed by atoms with Gasteiger partial charge < -0.3 is 9.64 Å². The third kappa shape index (κ3) is 3.65. The molecule has 24 heavy (non-hydrogen) atoms. The largest absolute Gasteiger partial charge is 0.370 e. The van der Waals surface area contributed by atoms with Crippen LogP contribution in [0.1, 0.15) is 36.5 Å². The van der Waals surface area contributed by atoms with Gasteiger partial charge in [0.2, 0.25) is 5.91 Å². The maximum absolute atomic E-state index is 13.1. The Labute approximate surface area is 142 Å². The minimum atomic E-state index is -0.266. The first kappa shape index (κ1) is 16.7. The summed E-state index contributed by atoms with van der Waals surface area (Å²) < 4.78 is 18.9. The van der Waals surface area contributed by atoms with Crippen LogP contribution in [0.25, 0.3) is 0 Å². The van der Waals surface area contributed by atoms with Crippen molar-refractivity contribution in [1.29, 1.82) is 0 Å². The van der Waals surface area contributed by atoms with Gasteiger partial charge in [-0.25, -0.2) is 4.39 Å². The third-order valence-corrected chi connectivity index (χ3v) is 4.53. The standard InChI is InChI=1S/C20H22FNO2/c1-2-18(15-6-4-3-5-7-15)20(23)22-12-13-24-19(14-22)16-8-10-17(21)11-9-16/h3-11,18-19H,2,12-14H2,1H3. The summed E-state index contributed by atoms with van der Waals surface area (Å²) in [7, 11) is 0. The molecular formula is C20H22FNO2. The number of morpholine rings is 1. The van der Waals surface area contributed by atoms with Gasteiger partial charge in [0.15, 0.2) is 0 Å². The summed E-state index contributed by atoms with van der Waals surface area (Å²) in [6.07, 6.45) is 0.568. The monoisotopic (exact) mass is 327 g/mol. The lowest BCUT2D eigenvalue weighted by molar-refractivity contribution is -0.140.